The summed E-state index contributed by atoms with van der Waals surface area (Å²) in [5.74, 6) is 2.00. The van der Waals surface area contributed by atoms with Crippen LogP contribution in [0.3, 0.4) is 0 Å². The molecule has 1 aromatic carbocycles. The average molecular weight is 248 g/mol. The molecule has 0 aliphatic carbocycles. The number of nitrogens with one attached hydrogen (secondary N) is 1. The van der Waals surface area contributed by atoms with E-state index >= 15 is 0 Å². The number of hydrogen-bond donors (Lipinski definition) is 1. The zero-order valence-electron chi connectivity index (χ0n) is 10.4. The Bertz CT molecular complexity index is 399. The molecule has 3 rings (SSSR count). The summed E-state index contributed by atoms with van der Waals surface area (Å²) in [5.41, 5.74) is 3.03. The summed E-state index contributed by atoms with van der Waals surface area (Å²) in [6.45, 7) is 8.08. The highest BCUT2D eigenvalue weighted by molar-refractivity contribution is 7.99. The van der Waals surface area contributed by atoms with Crippen LogP contribution < -0.4 is 5.32 Å². The third-order valence-corrected chi connectivity index (χ3v) is 5.04. The molecule has 1 unspecified atom stereocenters. The third-order valence-electron chi connectivity index (χ3n) is 3.71. The molecule has 1 N–H and O–H groups in total. The van der Waals surface area contributed by atoms with Crippen LogP contribution in [0.1, 0.15) is 24.0 Å². The van der Waals surface area contributed by atoms with Gasteiger partial charge in [0.1, 0.15) is 0 Å². The van der Waals surface area contributed by atoms with Gasteiger partial charge in [-0.15, -0.1) is 11.8 Å². The first-order valence-electron chi connectivity index (χ1n) is 6.51. The van der Waals surface area contributed by atoms with Gasteiger partial charge in [-0.1, -0.05) is 19.1 Å². The van der Waals surface area contributed by atoms with Crippen molar-refractivity contribution in [2.75, 3.05) is 31.9 Å². The van der Waals surface area contributed by atoms with Gasteiger partial charge in [0, 0.05) is 43.4 Å². The van der Waals surface area contributed by atoms with Crippen LogP contribution in [-0.2, 0) is 6.54 Å². The number of fused-ring (bicyclic) bond motifs is 1. The molecule has 0 saturated carbocycles. The zero-order chi connectivity index (χ0) is 11.7. The number of benzene rings is 1. The Labute approximate surface area is 108 Å². The fourth-order valence-electron chi connectivity index (χ4n) is 2.64. The fourth-order valence-corrected chi connectivity index (χ4v) is 3.92. The van der Waals surface area contributed by atoms with Crippen LogP contribution in [0.5, 0.6) is 0 Å². The van der Waals surface area contributed by atoms with Gasteiger partial charge in [-0.25, -0.2) is 0 Å². The van der Waals surface area contributed by atoms with Gasteiger partial charge in [0.15, 0.2) is 0 Å². The molecule has 2 nitrogen and oxygen atoms in total. The van der Waals surface area contributed by atoms with Crippen LogP contribution in [0.15, 0.2) is 23.1 Å². The minimum Gasteiger partial charge on any atom is -0.314 e. The van der Waals surface area contributed by atoms with Gasteiger partial charge in [0.05, 0.1) is 0 Å². The summed E-state index contributed by atoms with van der Waals surface area (Å²) < 4.78 is 0. The first-order chi connectivity index (χ1) is 8.33. The summed E-state index contributed by atoms with van der Waals surface area (Å²) in [5, 5.41) is 3.40. The fraction of sp³-hybridized carbons (Fsp3) is 0.571. The molecule has 0 aromatic heterocycles. The van der Waals surface area contributed by atoms with E-state index in [-0.39, 0.29) is 0 Å². The van der Waals surface area contributed by atoms with Crippen molar-refractivity contribution < 1.29 is 0 Å². The smallest absolute Gasteiger partial charge is 0.0235 e. The van der Waals surface area contributed by atoms with Crippen LogP contribution in [-0.4, -0.2) is 36.8 Å². The van der Waals surface area contributed by atoms with Gasteiger partial charge in [-0.3, -0.25) is 4.90 Å². The van der Waals surface area contributed by atoms with Crippen LogP contribution in [0.4, 0.5) is 0 Å². The van der Waals surface area contributed by atoms with Crippen molar-refractivity contribution in [1.29, 1.82) is 0 Å². The maximum atomic E-state index is 3.40. The minimum absolute atomic E-state index is 0.739. The second-order valence-corrected chi connectivity index (χ2v) is 6.17. The van der Waals surface area contributed by atoms with Gasteiger partial charge in [0.25, 0.3) is 0 Å². The van der Waals surface area contributed by atoms with Gasteiger partial charge < -0.3 is 5.32 Å². The van der Waals surface area contributed by atoms with Gasteiger partial charge in [0.2, 0.25) is 0 Å². The summed E-state index contributed by atoms with van der Waals surface area (Å²) in [7, 11) is 0. The molecule has 1 saturated heterocycles. The largest absolute Gasteiger partial charge is 0.314 e. The van der Waals surface area contributed by atoms with Crippen molar-refractivity contribution in [2.24, 2.45) is 0 Å². The normalized spacial score (nSPS) is 24.9. The highest BCUT2D eigenvalue weighted by Gasteiger charge is 2.19. The second-order valence-electron chi connectivity index (χ2n) is 5.11. The van der Waals surface area contributed by atoms with Crippen LogP contribution in [0, 0.1) is 0 Å². The van der Waals surface area contributed by atoms with E-state index < -0.39 is 0 Å². The number of thioether (sulfide) groups is 1. The molecular formula is C14H20N2S. The first kappa shape index (κ1) is 11.6. The number of hydrogen-bond acceptors (Lipinski definition) is 3. The first-order valence-corrected chi connectivity index (χ1v) is 7.50. The third kappa shape index (κ3) is 2.51. The minimum atomic E-state index is 0.739. The molecule has 2 aliphatic heterocycles. The van der Waals surface area contributed by atoms with E-state index in [1.807, 2.05) is 11.8 Å². The SMILES string of the molecule is CC1CSc2cc(CN3CCNCC3)ccc21. The van der Waals surface area contributed by atoms with E-state index in [4.69, 9.17) is 0 Å². The predicted octanol–water partition coefficient (Wildman–Crippen LogP) is 2.30. The highest BCUT2D eigenvalue weighted by Crippen LogP contribution is 2.39. The molecule has 3 heteroatoms. The van der Waals surface area contributed by atoms with Gasteiger partial charge in [-0.2, -0.15) is 0 Å². The van der Waals surface area contributed by atoms with Crippen molar-refractivity contribution in [1.82, 2.24) is 10.2 Å². The molecule has 1 atom stereocenters. The van der Waals surface area contributed by atoms with Crippen LogP contribution in [0.25, 0.3) is 0 Å². The lowest BCUT2D eigenvalue weighted by atomic mass is 10.0. The summed E-state index contributed by atoms with van der Waals surface area (Å²) in [6, 6.07) is 7.08. The molecule has 0 amide bonds. The van der Waals surface area contributed by atoms with E-state index in [1.165, 1.54) is 29.3 Å². The monoisotopic (exact) mass is 248 g/mol. The highest BCUT2D eigenvalue weighted by atomic mass is 32.2. The molecule has 1 aromatic rings. The van der Waals surface area contributed by atoms with Crippen LogP contribution >= 0.6 is 11.8 Å². The van der Waals surface area contributed by atoms with E-state index in [0.717, 1.165) is 25.6 Å². The Kier molecular flexibility index (Phi) is 3.41. The second kappa shape index (κ2) is 5.01. The maximum Gasteiger partial charge on any atom is 0.0235 e. The molecule has 0 radical (unpaired) electrons. The molecule has 0 spiro atoms. The molecule has 0 bridgehead atoms. The Morgan fingerprint density at radius 2 is 2.18 bits per heavy atom. The lowest BCUT2D eigenvalue weighted by Gasteiger charge is -2.27. The topological polar surface area (TPSA) is 15.3 Å². The lowest BCUT2D eigenvalue weighted by molar-refractivity contribution is 0.233. The van der Waals surface area contributed by atoms with Crippen molar-refractivity contribution >= 4 is 11.8 Å². The molecule has 2 aliphatic rings. The Morgan fingerprint density at radius 1 is 1.35 bits per heavy atom. The molecular weight excluding hydrogens is 228 g/mol. The molecule has 1 fully saturated rings. The Hall–Kier alpha value is -0.510. The quantitative estimate of drug-likeness (QED) is 0.864. The van der Waals surface area contributed by atoms with Crippen molar-refractivity contribution in [3.05, 3.63) is 29.3 Å². The van der Waals surface area contributed by atoms with E-state index in [1.54, 1.807) is 5.56 Å². The lowest BCUT2D eigenvalue weighted by Crippen LogP contribution is -2.42. The van der Waals surface area contributed by atoms with E-state index in [2.05, 4.69) is 35.3 Å². The van der Waals surface area contributed by atoms with Crippen LogP contribution in [0.2, 0.25) is 0 Å². The Morgan fingerprint density at radius 3 is 3.00 bits per heavy atom. The number of rotatable bonds is 2. The average Bonchev–Trinajstić information content (AvgIpc) is 2.72. The Balaban J connectivity index is 1.71. The number of piperazine rings is 1. The van der Waals surface area contributed by atoms with Crippen molar-refractivity contribution in [3.8, 4) is 0 Å². The van der Waals surface area contributed by atoms with E-state index in [9.17, 15) is 0 Å². The van der Waals surface area contributed by atoms with Crippen molar-refractivity contribution in [2.45, 2.75) is 24.3 Å². The predicted molar refractivity (Wildman–Crippen MR) is 73.7 cm³/mol. The van der Waals surface area contributed by atoms with Gasteiger partial charge in [-0.05, 0) is 23.1 Å². The molecule has 2 heterocycles. The summed E-state index contributed by atoms with van der Waals surface area (Å²) in [6.07, 6.45) is 0. The molecule has 17 heavy (non-hydrogen) atoms. The van der Waals surface area contributed by atoms with Gasteiger partial charge >= 0.3 is 0 Å². The maximum absolute atomic E-state index is 3.40. The number of nitrogens with zero attached hydrogens (tertiary/aromatic N) is 1. The summed E-state index contributed by atoms with van der Waals surface area (Å²) in [4.78, 5) is 4.06. The molecule has 92 valence electrons. The van der Waals surface area contributed by atoms with E-state index in [0.29, 0.717) is 0 Å². The van der Waals surface area contributed by atoms with Crippen molar-refractivity contribution in [3.63, 3.8) is 0 Å². The standard InChI is InChI=1S/C14H20N2S/c1-11-10-17-14-8-12(2-3-13(11)14)9-16-6-4-15-5-7-16/h2-3,8,11,15H,4-7,9-10H2,1H3. The zero-order valence-corrected chi connectivity index (χ0v) is 11.2. The summed E-state index contributed by atoms with van der Waals surface area (Å²) >= 11 is 2.02.